The Labute approximate surface area is 174 Å². The van der Waals surface area contributed by atoms with E-state index in [-0.39, 0.29) is 17.9 Å². The van der Waals surface area contributed by atoms with Crippen LogP contribution in [0.25, 0.3) is 21.8 Å². The molecule has 0 saturated carbocycles. The summed E-state index contributed by atoms with van der Waals surface area (Å²) in [6.07, 6.45) is 1.85. The lowest BCUT2D eigenvalue weighted by molar-refractivity contribution is -0.119. The molecule has 0 fully saturated rings. The zero-order valence-electron chi connectivity index (χ0n) is 16.8. The SMILES string of the molecule is COc1ccc2c(c1)CCCN2C(=O)Cn1c2ccccc2c(=O)c2ccccc21. The summed E-state index contributed by atoms with van der Waals surface area (Å²) in [6, 6.07) is 20.9. The highest BCUT2D eigenvalue weighted by atomic mass is 16.5. The van der Waals surface area contributed by atoms with Gasteiger partial charge in [0.05, 0.1) is 18.1 Å². The van der Waals surface area contributed by atoms with E-state index in [0.29, 0.717) is 17.3 Å². The summed E-state index contributed by atoms with van der Waals surface area (Å²) in [6.45, 7) is 0.862. The van der Waals surface area contributed by atoms with Gasteiger partial charge in [0.25, 0.3) is 0 Å². The molecule has 0 saturated heterocycles. The molecule has 150 valence electrons. The van der Waals surface area contributed by atoms with Gasteiger partial charge in [-0.3, -0.25) is 9.59 Å². The fraction of sp³-hybridized carbons (Fsp3) is 0.200. The summed E-state index contributed by atoms with van der Waals surface area (Å²) in [5.74, 6) is 0.820. The number of ether oxygens (including phenoxy) is 1. The summed E-state index contributed by atoms with van der Waals surface area (Å²) in [4.78, 5) is 28.2. The first-order valence-electron chi connectivity index (χ1n) is 10.1. The molecule has 0 aliphatic carbocycles. The number of hydrogen-bond acceptors (Lipinski definition) is 3. The van der Waals surface area contributed by atoms with Crippen LogP contribution < -0.4 is 15.1 Å². The molecule has 1 aromatic heterocycles. The van der Waals surface area contributed by atoms with E-state index in [2.05, 4.69) is 0 Å². The van der Waals surface area contributed by atoms with Crippen LogP contribution >= 0.6 is 0 Å². The maximum Gasteiger partial charge on any atom is 0.246 e. The molecule has 0 atom stereocenters. The van der Waals surface area contributed by atoms with E-state index < -0.39 is 0 Å². The Kier molecular flexibility index (Phi) is 4.51. The summed E-state index contributed by atoms with van der Waals surface area (Å²) in [5.41, 5.74) is 3.63. The molecule has 4 aromatic rings. The number of benzene rings is 3. The first-order valence-corrected chi connectivity index (χ1v) is 10.1. The van der Waals surface area contributed by atoms with Crippen molar-refractivity contribution in [3.63, 3.8) is 0 Å². The van der Waals surface area contributed by atoms with Crippen molar-refractivity contribution in [2.75, 3.05) is 18.6 Å². The Balaban J connectivity index is 1.61. The number of aromatic nitrogens is 1. The van der Waals surface area contributed by atoms with Gasteiger partial charge in [0.1, 0.15) is 12.3 Å². The molecule has 0 bridgehead atoms. The number of carbonyl (C=O) groups excluding carboxylic acids is 1. The van der Waals surface area contributed by atoms with Crippen molar-refractivity contribution in [2.24, 2.45) is 0 Å². The summed E-state index contributed by atoms with van der Waals surface area (Å²) in [5, 5.41) is 1.26. The van der Waals surface area contributed by atoms with Crippen LogP contribution in [0, 0.1) is 0 Å². The summed E-state index contributed by atoms with van der Waals surface area (Å²) in [7, 11) is 1.65. The van der Waals surface area contributed by atoms with Crippen LogP contribution in [0.3, 0.4) is 0 Å². The fourth-order valence-electron chi connectivity index (χ4n) is 4.43. The van der Waals surface area contributed by atoms with Crippen molar-refractivity contribution in [1.29, 1.82) is 0 Å². The second kappa shape index (κ2) is 7.34. The minimum absolute atomic E-state index is 0.000289. The first kappa shape index (κ1) is 18.4. The Morgan fingerprint density at radius 1 is 0.967 bits per heavy atom. The number of nitrogens with zero attached hydrogens (tertiary/aromatic N) is 2. The van der Waals surface area contributed by atoms with Crippen LogP contribution in [-0.4, -0.2) is 24.1 Å². The number of rotatable bonds is 3. The van der Waals surface area contributed by atoms with E-state index in [4.69, 9.17) is 4.74 Å². The van der Waals surface area contributed by atoms with Gasteiger partial charge in [0.2, 0.25) is 5.91 Å². The van der Waals surface area contributed by atoms with Crippen LogP contribution in [0.5, 0.6) is 5.75 Å². The number of methoxy groups -OCH3 is 1. The predicted octanol–water partition coefficient (Wildman–Crippen LogP) is 4.14. The summed E-state index contributed by atoms with van der Waals surface area (Å²) < 4.78 is 7.31. The average molecular weight is 398 g/mol. The van der Waals surface area contributed by atoms with Crippen molar-refractivity contribution in [2.45, 2.75) is 19.4 Å². The maximum atomic E-state index is 13.5. The monoisotopic (exact) mass is 398 g/mol. The molecule has 0 spiro atoms. The number of aryl methyl sites for hydroxylation is 1. The number of para-hydroxylation sites is 2. The van der Waals surface area contributed by atoms with Gasteiger partial charge in [-0.2, -0.15) is 0 Å². The van der Waals surface area contributed by atoms with E-state index in [9.17, 15) is 9.59 Å². The Bertz CT molecular complexity index is 1280. The van der Waals surface area contributed by atoms with Gasteiger partial charge in [-0.25, -0.2) is 0 Å². The number of anilines is 1. The van der Waals surface area contributed by atoms with Crippen LogP contribution in [0.15, 0.2) is 71.5 Å². The van der Waals surface area contributed by atoms with E-state index >= 15 is 0 Å². The van der Waals surface area contributed by atoms with Crippen LogP contribution in [0.2, 0.25) is 0 Å². The quantitative estimate of drug-likeness (QED) is 0.487. The minimum Gasteiger partial charge on any atom is -0.497 e. The van der Waals surface area contributed by atoms with Crippen molar-refractivity contribution in [3.05, 3.63) is 82.5 Å². The number of pyridine rings is 1. The molecule has 5 rings (SSSR count). The second-order valence-corrected chi connectivity index (χ2v) is 7.59. The molecule has 1 aliphatic rings. The van der Waals surface area contributed by atoms with Gasteiger partial charge in [-0.15, -0.1) is 0 Å². The molecule has 1 aliphatic heterocycles. The van der Waals surface area contributed by atoms with Gasteiger partial charge in [0.15, 0.2) is 5.43 Å². The highest BCUT2D eigenvalue weighted by Crippen LogP contribution is 2.31. The molecule has 2 heterocycles. The molecule has 3 aromatic carbocycles. The fourth-order valence-corrected chi connectivity index (χ4v) is 4.43. The lowest BCUT2D eigenvalue weighted by atomic mass is 10.0. The number of fused-ring (bicyclic) bond motifs is 3. The van der Waals surface area contributed by atoms with Gasteiger partial charge >= 0.3 is 0 Å². The van der Waals surface area contributed by atoms with Crippen molar-refractivity contribution < 1.29 is 9.53 Å². The van der Waals surface area contributed by atoms with Crippen LogP contribution in [0.4, 0.5) is 5.69 Å². The van der Waals surface area contributed by atoms with E-state index in [0.717, 1.165) is 40.9 Å². The molecule has 5 heteroatoms. The third kappa shape index (κ3) is 2.94. The van der Waals surface area contributed by atoms with Gasteiger partial charge in [-0.05, 0) is 60.9 Å². The number of carbonyl (C=O) groups is 1. The molecule has 5 nitrogen and oxygen atoms in total. The van der Waals surface area contributed by atoms with Crippen molar-refractivity contribution >= 4 is 33.4 Å². The van der Waals surface area contributed by atoms with Crippen LogP contribution in [-0.2, 0) is 17.8 Å². The lowest BCUT2D eigenvalue weighted by Gasteiger charge is -2.30. The predicted molar refractivity (Wildman–Crippen MR) is 119 cm³/mol. The largest absolute Gasteiger partial charge is 0.497 e. The van der Waals surface area contributed by atoms with Crippen molar-refractivity contribution in [3.8, 4) is 5.75 Å². The number of hydrogen-bond donors (Lipinski definition) is 0. The molecular weight excluding hydrogens is 376 g/mol. The molecule has 0 N–H and O–H groups in total. The van der Waals surface area contributed by atoms with Crippen molar-refractivity contribution in [1.82, 2.24) is 4.57 Å². The highest BCUT2D eigenvalue weighted by molar-refractivity contribution is 5.98. The molecule has 0 radical (unpaired) electrons. The van der Waals surface area contributed by atoms with E-state index in [1.165, 1.54) is 0 Å². The van der Waals surface area contributed by atoms with Gasteiger partial charge < -0.3 is 14.2 Å². The zero-order chi connectivity index (χ0) is 20.7. The second-order valence-electron chi connectivity index (χ2n) is 7.59. The molecule has 1 amide bonds. The Hall–Kier alpha value is -3.60. The standard InChI is InChI=1S/C25H22N2O3/c1-30-18-12-13-21-17(15-18)7-6-14-26(21)24(28)16-27-22-10-4-2-8-19(22)25(29)20-9-3-5-11-23(20)27/h2-5,8-13,15H,6-7,14,16H2,1H3. The zero-order valence-corrected chi connectivity index (χ0v) is 16.8. The molecule has 0 unspecified atom stereocenters. The third-order valence-electron chi connectivity index (χ3n) is 5.88. The third-order valence-corrected chi connectivity index (χ3v) is 5.88. The molecular formula is C25H22N2O3. The van der Waals surface area contributed by atoms with Gasteiger partial charge in [0, 0.05) is 23.0 Å². The Morgan fingerprint density at radius 3 is 2.30 bits per heavy atom. The Morgan fingerprint density at radius 2 is 1.63 bits per heavy atom. The smallest absolute Gasteiger partial charge is 0.246 e. The normalized spacial score (nSPS) is 13.4. The summed E-state index contributed by atoms with van der Waals surface area (Å²) >= 11 is 0. The highest BCUT2D eigenvalue weighted by Gasteiger charge is 2.24. The maximum absolute atomic E-state index is 13.5. The number of amides is 1. The van der Waals surface area contributed by atoms with E-state index in [1.54, 1.807) is 7.11 Å². The first-order chi connectivity index (χ1) is 14.7. The minimum atomic E-state index is 0.000289. The lowest BCUT2D eigenvalue weighted by Crippen LogP contribution is -2.38. The van der Waals surface area contributed by atoms with Gasteiger partial charge in [-0.1, -0.05) is 24.3 Å². The average Bonchev–Trinajstić information content (AvgIpc) is 2.80. The molecule has 30 heavy (non-hydrogen) atoms. The van der Waals surface area contributed by atoms with Crippen LogP contribution in [0.1, 0.15) is 12.0 Å². The van der Waals surface area contributed by atoms with E-state index in [1.807, 2.05) is 76.2 Å². The topological polar surface area (TPSA) is 51.5 Å².